The van der Waals surface area contributed by atoms with Crippen LogP contribution in [0.3, 0.4) is 0 Å². The second-order valence-corrected chi connectivity index (χ2v) is 7.94. The van der Waals surface area contributed by atoms with Gasteiger partial charge in [0.25, 0.3) is 0 Å². The highest BCUT2D eigenvalue weighted by molar-refractivity contribution is 7.99. The average Bonchev–Trinajstić information content (AvgIpc) is 2.52. The summed E-state index contributed by atoms with van der Waals surface area (Å²) in [5.41, 5.74) is 0. The summed E-state index contributed by atoms with van der Waals surface area (Å²) in [5.74, 6) is 1.27. The summed E-state index contributed by atoms with van der Waals surface area (Å²) in [4.78, 5) is 11.5. The molecule has 1 atom stereocenters. The summed E-state index contributed by atoms with van der Waals surface area (Å²) < 4.78 is 0. The van der Waals surface area contributed by atoms with Gasteiger partial charge in [-0.05, 0) is 12.8 Å². The molecule has 0 spiro atoms. The van der Waals surface area contributed by atoms with Crippen LogP contribution >= 0.6 is 11.8 Å². The highest BCUT2D eigenvalue weighted by Gasteiger charge is 2.04. The van der Waals surface area contributed by atoms with Gasteiger partial charge in [-0.1, -0.05) is 78.6 Å². The smallest absolute Gasteiger partial charge is 0.220 e. The summed E-state index contributed by atoms with van der Waals surface area (Å²) in [7, 11) is 0. The minimum absolute atomic E-state index is 0. The van der Waals surface area contributed by atoms with Gasteiger partial charge in [-0.25, -0.2) is 0 Å². The van der Waals surface area contributed by atoms with Gasteiger partial charge in [0.15, 0.2) is 0 Å². The normalized spacial score (nSPS) is 12.3. The van der Waals surface area contributed by atoms with Crippen molar-refractivity contribution in [1.29, 1.82) is 0 Å². The van der Waals surface area contributed by atoms with E-state index in [1.54, 1.807) is 0 Å². The maximum atomic E-state index is 11.5. The molecule has 22 heavy (non-hydrogen) atoms. The van der Waals surface area contributed by atoms with Gasteiger partial charge in [0.05, 0.1) is 0 Å². The van der Waals surface area contributed by atoms with Crippen molar-refractivity contribution in [2.24, 2.45) is 0 Å². The molecule has 0 aromatic heterocycles. The average molecular weight is 332 g/mol. The van der Waals surface area contributed by atoms with Crippen molar-refractivity contribution in [2.75, 3.05) is 12.3 Å². The molecule has 0 aliphatic rings. The van der Waals surface area contributed by atoms with E-state index in [1.165, 1.54) is 57.8 Å². The largest absolute Gasteiger partial charge is 0.355 e. The SMILES string of the molecule is CCCCCCCCCCC(C)SCCNC(=O)CCCC.[HH]. The van der Waals surface area contributed by atoms with Crippen LogP contribution in [0.5, 0.6) is 0 Å². The lowest BCUT2D eigenvalue weighted by Gasteiger charge is -2.11. The van der Waals surface area contributed by atoms with E-state index in [-0.39, 0.29) is 7.33 Å². The Morgan fingerprint density at radius 2 is 1.55 bits per heavy atom. The molecule has 0 aromatic rings. The predicted octanol–water partition coefficient (Wildman–Crippen LogP) is 6.19. The van der Waals surface area contributed by atoms with Crippen LogP contribution in [0.1, 0.15) is 99.2 Å². The molecular formula is C19H41NOS. The zero-order chi connectivity index (χ0) is 16.5. The van der Waals surface area contributed by atoms with Gasteiger partial charge in [0.1, 0.15) is 0 Å². The number of carbonyl (C=O) groups is 1. The van der Waals surface area contributed by atoms with E-state index in [1.807, 2.05) is 11.8 Å². The van der Waals surface area contributed by atoms with Crippen molar-refractivity contribution < 1.29 is 6.22 Å². The highest BCUT2D eigenvalue weighted by atomic mass is 32.2. The molecule has 0 aromatic carbocycles. The molecule has 0 saturated heterocycles. The topological polar surface area (TPSA) is 29.1 Å². The number of hydrogen-bond donors (Lipinski definition) is 1. The first-order valence-electron chi connectivity index (χ1n) is 9.59. The molecule has 0 bridgehead atoms. The lowest BCUT2D eigenvalue weighted by Crippen LogP contribution is -2.25. The Morgan fingerprint density at radius 3 is 2.18 bits per heavy atom. The standard InChI is InChI=1S/C19H39NOS.H2/c1-4-6-8-9-10-11-12-13-14-18(3)22-17-16-20-19(21)15-7-5-2;/h18H,4-17H2,1-3H3,(H,20,21);1H. The molecule has 0 rings (SSSR count). The van der Waals surface area contributed by atoms with Gasteiger partial charge in [0.2, 0.25) is 5.91 Å². The number of amides is 1. The molecule has 0 heterocycles. The van der Waals surface area contributed by atoms with E-state index in [4.69, 9.17) is 0 Å². The molecule has 0 fully saturated rings. The van der Waals surface area contributed by atoms with E-state index in [0.717, 1.165) is 30.4 Å². The Bertz CT molecular complexity index is 252. The first-order chi connectivity index (χ1) is 10.7. The van der Waals surface area contributed by atoms with Crippen LogP contribution in [0.25, 0.3) is 0 Å². The molecule has 1 unspecified atom stereocenters. The molecule has 3 heteroatoms. The van der Waals surface area contributed by atoms with Gasteiger partial charge in [-0.2, -0.15) is 11.8 Å². The van der Waals surface area contributed by atoms with E-state index in [9.17, 15) is 4.79 Å². The van der Waals surface area contributed by atoms with Crippen molar-refractivity contribution in [1.82, 2.24) is 5.32 Å². The van der Waals surface area contributed by atoms with Crippen molar-refractivity contribution in [3.05, 3.63) is 0 Å². The fourth-order valence-corrected chi connectivity index (χ4v) is 3.48. The third-order valence-electron chi connectivity index (χ3n) is 4.05. The lowest BCUT2D eigenvalue weighted by atomic mass is 10.1. The number of thioether (sulfide) groups is 1. The molecule has 0 radical (unpaired) electrons. The van der Waals surface area contributed by atoms with Crippen LogP contribution < -0.4 is 5.32 Å². The number of carbonyl (C=O) groups excluding carboxylic acids is 1. The fraction of sp³-hybridized carbons (Fsp3) is 0.947. The lowest BCUT2D eigenvalue weighted by molar-refractivity contribution is -0.121. The van der Waals surface area contributed by atoms with Gasteiger partial charge < -0.3 is 5.32 Å². The van der Waals surface area contributed by atoms with Gasteiger partial charge >= 0.3 is 0 Å². The number of nitrogens with one attached hydrogen (secondary N) is 1. The Morgan fingerprint density at radius 1 is 0.955 bits per heavy atom. The van der Waals surface area contributed by atoms with Crippen LogP contribution in [0.15, 0.2) is 0 Å². The monoisotopic (exact) mass is 331 g/mol. The summed E-state index contributed by atoms with van der Waals surface area (Å²) in [6, 6.07) is 0. The summed E-state index contributed by atoms with van der Waals surface area (Å²) in [6.45, 7) is 7.55. The molecule has 134 valence electrons. The number of unbranched alkanes of at least 4 members (excludes halogenated alkanes) is 8. The van der Waals surface area contributed by atoms with Crippen molar-refractivity contribution in [2.45, 2.75) is 103 Å². The minimum Gasteiger partial charge on any atom is -0.355 e. The number of rotatable bonds is 16. The number of hydrogen-bond acceptors (Lipinski definition) is 2. The minimum atomic E-state index is 0. The quantitative estimate of drug-likeness (QED) is 0.342. The molecule has 2 nitrogen and oxygen atoms in total. The zero-order valence-electron chi connectivity index (χ0n) is 15.3. The Balaban J connectivity index is 0. The van der Waals surface area contributed by atoms with E-state index >= 15 is 0 Å². The van der Waals surface area contributed by atoms with Gasteiger partial charge in [-0.3, -0.25) is 4.79 Å². The van der Waals surface area contributed by atoms with Gasteiger partial charge in [0, 0.05) is 25.4 Å². The predicted molar refractivity (Wildman–Crippen MR) is 104 cm³/mol. The third-order valence-corrected chi connectivity index (χ3v) is 5.29. The molecule has 0 aliphatic carbocycles. The third kappa shape index (κ3) is 16.2. The van der Waals surface area contributed by atoms with Gasteiger partial charge in [-0.15, -0.1) is 0 Å². The summed E-state index contributed by atoms with van der Waals surface area (Å²) in [5, 5.41) is 3.74. The van der Waals surface area contributed by atoms with Crippen LogP contribution in [0, 0.1) is 0 Å². The Kier molecular flexibility index (Phi) is 17.0. The second kappa shape index (κ2) is 17.2. The first kappa shape index (κ1) is 21.8. The Labute approximate surface area is 145 Å². The maximum absolute atomic E-state index is 11.5. The van der Waals surface area contributed by atoms with Crippen molar-refractivity contribution in [3.63, 3.8) is 0 Å². The van der Waals surface area contributed by atoms with Crippen LogP contribution in [0.4, 0.5) is 0 Å². The molecule has 0 aliphatic heterocycles. The Hall–Kier alpha value is -0.180. The van der Waals surface area contributed by atoms with Crippen LogP contribution in [-0.4, -0.2) is 23.5 Å². The van der Waals surface area contributed by atoms with Crippen LogP contribution in [0.2, 0.25) is 0 Å². The van der Waals surface area contributed by atoms with E-state index in [2.05, 4.69) is 26.1 Å². The van der Waals surface area contributed by atoms with Crippen LogP contribution in [-0.2, 0) is 4.79 Å². The molecular weight excluding hydrogens is 290 g/mol. The fourth-order valence-electron chi connectivity index (χ4n) is 2.53. The maximum Gasteiger partial charge on any atom is 0.220 e. The first-order valence-corrected chi connectivity index (χ1v) is 10.6. The summed E-state index contributed by atoms with van der Waals surface area (Å²) >= 11 is 2.00. The molecule has 1 N–H and O–H groups in total. The van der Waals surface area contributed by atoms with E-state index in [0.29, 0.717) is 6.42 Å². The summed E-state index contributed by atoms with van der Waals surface area (Å²) in [6.07, 6.45) is 15.3. The second-order valence-electron chi connectivity index (χ2n) is 6.40. The highest BCUT2D eigenvalue weighted by Crippen LogP contribution is 2.18. The van der Waals surface area contributed by atoms with Crippen molar-refractivity contribution >= 4 is 17.7 Å². The zero-order valence-corrected chi connectivity index (χ0v) is 16.1. The molecule has 0 saturated carbocycles. The molecule has 1 amide bonds. The van der Waals surface area contributed by atoms with E-state index < -0.39 is 0 Å². The van der Waals surface area contributed by atoms with Crippen molar-refractivity contribution in [3.8, 4) is 0 Å².